The lowest BCUT2D eigenvalue weighted by atomic mass is 10.1. The van der Waals surface area contributed by atoms with Gasteiger partial charge in [-0.1, -0.05) is 18.2 Å². The molecule has 0 saturated carbocycles. The van der Waals surface area contributed by atoms with E-state index < -0.39 is 5.97 Å². The molecule has 2 rings (SSSR count). The molecule has 4 nitrogen and oxygen atoms in total. The minimum atomic E-state index is -1.17. The Balaban J connectivity index is 2.37. The molecule has 76 valence electrons. The summed E-state index contributed by atoms with van der Waals surface area (Å²) in [7, 11) is 0. The van der Waals surface area contributed by atoms with Gasteiger partial charge in [-0.25, -0.2) is 4.79 Å². The Hall–Kier alpha value is -2.10. The summed E-state index contributed by atoms with van der Waals surface area (Å²) >= 11 is 0. The highest BCUT2D eigenvalue weighted by molar-refractivity contribution is 6.34. The molecule has 15 heavy (non-hydrogen) atoms. The molecule has 2 aromatic rings. The molecule has 0 aliphatic rings. The lowest BCUT2D eigenvalue weighted by Crippen LogP contribution is -2.13. The van der Waals surface area contributed by atoms with Crippen molar-refractivity contribution in [3.8, 4) is 0 Å². The summed E-state index contributed by atoms with van der Waals surface area (Å²) in [6.07, 6.45) is 1.90. The van der Waals surface area contributed by atoms with Crippen LogP contribution >= 0.6 is 0 Å². The van der Waals surface area contributed by atoms with Gasteiger partial charge in [0.15, 0.2) is 0 Å². The first-order chi connectivity index (χ1) is 7.18. The molecule has 3 N–H and O–H groups in total. The van der Waals surface area contributed by atoms with Crippen LogP contribution in [-0.2, 0) is 11.2 Å². The highest BCUT2D eigenvalue weighted by Gasteiger charge is 2.10. The van der Waals surface area contributed by atoms with Gasteiger partial charge in [-0.15, -0.1) is 0 Å². The van der Waals surface area contributed by atoms with Gasteiger partial charge in [-0.05, 0) is 11.6 Å². The topological polar surface area (TPSA) is 76.9 Å². The number of aromatic amines is 1. The van der Waals surface area contributed by atoms with Crippen molar-refractivity contribution in [3.63, 3.8) is 0 Å². The number of para-hydroxylation sites is 1. The van der Waals surface area contributed by atoms with E-state index in [-0.39, 0.29) is 12.1 Å². The van der Waals surface area contributed by atoms with Crippen LogP contribution in [0.2, 0.25) is 0 Å². The largest absolute Gasteiger partial charge is 0.477 e. The average Bonchev–Trinajstić information content (AvgIpc) is 2.62. The number of carbonyl (C=O) groups is 1. The fourth-order valence-electron chi connectivity index (χ4n) is 1.54. The molecular weight excluding hydrogens is 192 g/mol. The Morgan fingerprint density at radius 1 is 1.40 bits per heavy atom. The number of rotatable bonds is 3. The number of fused-ring (bicyclic) bond motifs is 1. The van der Waals surface area contributed by atoms with E-state index in [9.17, 15) is 4.79 Å². The molecule has 0 fully saturated rings. The van der Waals surface area contributed by atoms with Gasteiger partial charge < -0.3 is 10.1 Å². The molecule has 0 radical (unpaired) electrons. The van der Waals surface area contributed by atoms with Crippen molar-refractivity contribution in [2.24, 2.45) is 0 Å². The number of carboxylic acid groups (broad SMARTS) is 1. The zero-order valence-electron chi connectivity index (χ0n) is 7.95. The van der Waals surface area contributed by atoms with Crippen LogP contribution in [-0.4, -0.2) is 21.8 Å². The normalized spacial score (nSPS) is 10.4. The third-order valence-electron chi connectivity index (χ3n) is 2.30. The maximum atomic E-state index is 10.5. The second-order valence-corrected chi connectivity index (χ2v) is 3.32. The molecule has 0 bridgehead atoms. The maximum absolute atomic E-state index is 10.5. The summed E-state index contributed by atoms with van der Waals surface area (Å²) in [5.74, 6) is -1.17. The molecule has 1 heterocycles. The number of nitrogens with one attached hydrogen (secondary N) is 2. The van der Waals surface area contributed by atoms with Crippen molar-refractivity contribution >= 4 is 22.6 Å². The van der Waals surface area contributed by atoms with Crippen molar-refractivity contribution in [1.29, 1.82) is 5.41 Å². The summed E-state index contributed by atoms with van der Waals surface area (Å²) in [5, 5.41) is 16.9. The van der Waals surface area contributed by atoms with Gasteiger partial charge in [0.05, 0.1) is 0 Å². The molecule has 0 amide bonds. The molecule has 0 aliphatic carbocycles. The van der Waals surface area contributed by atoms with Gasteiger partial charge in [-0.2, -0.15) is 0 Å². The number of carboxylic acids is 1. The number of aliphatic carboxylic acids is 1. The van der Waals surface area contributed by atoms with Crippen LogP contribution in [0, 0.1) is 5.41 Å². The quantitative estimate of drug-likeness (QED) is 0.664. The van der Waals surface area contributed by atoms with Crippen LogP contribution in [0.3, 0.4) is 0 Å². The first-order valence-electron chi connectivity index (χ1n) is 4.54. The van der Waals surface area contributed by atoms with Gasteiger partial charge in [0, 0.05) is 23.5 Å². The highest BCUT2D eigenvalue weighted by Crippen LogP contribution is 2.18. The zero-order chi connectivity index (χ0) is 10.8. The van der Waals surface area contributed by atoms with Crippen LogP contribution in [0.1, 0.15) is 5.56 Å². The van der Waals surface area contributed by atoms with Crippen LogP contribution in [0.15, 0.2) is 30.5 Å². The summed E-state index contributed by atoms with van der Waals surface area (Å²) in [6, 6.07) is 7.63. The summed E-state index contributed by atoms with van der Waals surface area (Å²) < 4.78 is 0. The fourth-order valence-corrected chi connectivity index (χ4v) is 1.54. The Kier molecular flexibility index (Phi) is 2.25. The number of aromatic nitrogens is 1. The van der Waals surface area contributed by atoms with Crippen LogP contribution in [0.4, 0.5) is 0 Å². The van der Waals surface area contributed by atoms with E-state index in [1.165, 1.54) is 0 Å². The van der Waals surface area contributed by atoms with Crippen molar-refractivity contribution in [3.05, 3.63) is 36.0 Å². The molecule has 0 spiro atoms. The van der Waals surface area contributed by atoms with Crippen LogP contribution in [0.5, 0.6) is 0 Å². The van der Waals surface area contributed by atoms with E-state index in [1.54, 1.807) is 6.20 Å². The van der Waals surface area contributed by atoms with Crippen molar-refractivity contribution < 1.29 is 9.90 Å². The summed E-state index contributed by atoms with van der Waals surface area (Å²) in [6.45, 7) is 0. The smallest absolute Gasteiger partial charge is 0.349 e. The molecule has 0 aliphatic heterocycles. The molecular formula is C11H10N2O2. The number of hydrogen-bond acceptors (Lipinski definition) is 2. The third kappa shape index (κ3) is 1.74. The Morgan fingerprint density at radius 3 is 2.87 bits per heavy atom. The van der Waals surface area contributed by atoms with Gasteiger partial charge in [0.25, 0.3) is 0 Å². The Morgan fingerprint density at radius 2 is 2.13 bits per heavy atom. The summed E-state index contributed by atoms with van der Waals surface area (Å²) in [5.41, 5.74) is 1.52. The van der Waals surface area contributed by atoms with Gasteiger partial charge in [0.2, 0.25) is 0 Å². The zero-order valence-corrected chi connectivity index (χ0v) is 7.95. The van der Waals surface area contributed by atoms with Crippen LogP contribution in [0.25, 0.3) is 10.9 Å². The second-order valence-electron chi connectivity index (χ2n) is 3.32. The minimum Gasteiger partial charge on any atom is -0.477 e. The standard InChI is InChI=1S/C11H10N2O2/c12-9(11(14)15)5-7-6-13-10-4-2-1-3-8(7)10/h1-4,6,12-13H,5H2,(H,14,15). The third-order valence-corrected chi connectivity index (χ3v) is 2.30. The monoisotopic (exact) mass is 202 g/mol. The van der Waals surface area contributed by atoms with E-state index in [4.69, 9.17) is 10.5 Å². The van der Waals surface area contributed by atoms with Crippen molar-refractivity contribution in [1.82, 2.24) is 4.98 Å². The number of hydrogen-bond donors (Lipinski definition) is 3. The summed E-state index contributed by atoms with van der Waals surface area (Å²) in [4.78, 5) is 13.6. The molecule has 0 atom stereocenters. The van der Waals surface area contributed by atoms with Gasteiger partial charge in [-0.3, -0.25) is 5.41 Å². The molecule has 1 aromatic carbocycles. The first-order valence-corrected chi connectivity index (χ1v) is 4.54. The van der Waals surface area contributed by atoms with Gasteiger partial charge in [0.1, 0.15) is 5.71 Å². The van der Waals surface area contributed by atoms with Crippen molar-refractivity contribution in [2.45, 2.75) is 6.42 Å². The maximum Gasteiger partial charge on any atom is 0.349 e. The highest BCUT2D eigenvalue weighted by atomic mass is 16.4. The molecule has 0 unspecified atom stereocenters. The van der Waals surface area contributed by atoms with E-state index >= 15 is 0 Å². The first kappa shape index (κ1) is 9.45. The Labute approximate surface area is 86.1 Å². The number of benzene rings is 1. The van der Waals surface area contributed by atoms with E-state index in [0.29, 0.717) is 0 Å². The molecule has 0 saturated heterocycles. The Bertz CT molecular complexity index is 528. The van der Waals surface area contributed by atoms with E-state index in [0.717, 1.165) is 16.5 Å². The fraction of sp³-hybridized carbons (Fsp3) is 0.0909. The lowest BCUT2D eigenvalue weighted by molar-refractivity contribution is -0.129. The van der Waals surface area contributed by atoms with Crippen molar-refractivity contribution in [2.75, 3.05) is 0 Å². The average molecular weight is 202 g/mol. The molecule has 1 aromatic heterocycles. The van der Waals surface area contributed by atoms with E-state index in [2.05, 4.69) is 4.98 Å². The SMILES string of the molecule is N=C(Cc1c[nH]c2ccccc12)C(=O)O. The van der Waals surface area contributed by atoms with Crippen LogP contribution < -0.4 is 0 Å². The number of H-pyrrole nitrogens is 1. The lowest BCUT2D eigenvalue weighted by Gasteiger charge is -1.97. The van der Waals surface area contributed by atoms with E-state index in [1.807, 2.05) is 24.3 Å². The predicted molar refractivity (Wildman–Crippen MR) is 57.4 cm³/mol. The second kappa shape index (κ2) is 3.57. The molecule has 4 heteroatoms. The van der Waals surface area contributed by atoms with Gasteiger partial charge >= 0.3 is 5.97 Å². The minimum absolute atomic E-state index is 0.152. The predicted octanol–water partition coefficient (Wildman–Crippen LogP) is 1.81.